The number of hydrogen-bond acceptors (Lipinski definition) is 6. The highest BCUT2D eigenvalue weighted by Gasteiger charge is 2.19. The molecule has 6 heteroatoms. The normalized spacial score (nSPS) is 12.2. The quantitative estimate of drug-likeness (QED) is 0.0262. The van der Waals surface area contributed by atoms with E-state index in [1.54, 1.807) is 0 Å². The van der Waals surface area contributed by atoms with Crippen LogP contribution in [0, 0.1) is 0 Å². The largest absolute Gasteiger partial charge is 0.462 e. The van der Waals surface area contributed by atoms with Crippen molar-refractivity contribution in [3.8, 4) is 0 Å². The van der Waals surface area contributed by atoms with E-state index < -0.39 is 6.10 Å². The molecule has 0 saturated heterocycles. The molecule has 0 heterocycles. The highest BCUT2D eigenvalue weighted by molar-refractivity contribution is 5.71. The maximum absolute atomic E-state index is 12.9. The summed E-state index contributed by atoms with van der Waals surface area (Å²) >= 11 is 0. The molecule has 0 N–H and O–H groups in total. The van der Waals surface area contributed by atoms with Crippen LogP contribution in [0.1, 0.15) is 316 Å². The van der Waals surface area contributed by atoms with E-state index >= 15 is 0 Å². The van der Waals surface area contributed by atoms with Crippen molar-refractivity contribution in [1.29, 1.82) is 0 Å². The number of allylic oxidation sites excluding steroid dienone is 6. The number of ether oxygens (including phenoxy) is 3. The standard InChI is InChI=1S/C61H112O6/c1-4-7-10-13-16-19-22-24-26-28-30-32-34-36-39-42-45-48-51-54-60(63)66-57-58(56-65-59(62)53-50-47-44-41-38-21-18-15-12-9-6-3)67-61(64)55-52-49-46-43-40-37-35-33-31-29-27-25-23-20-17-14-11-8-5-2/h16,19,24-27,58H,4-15,17-18,20-23,28-57H2,1-3H3/b19-16-,26-24-,27-25-. The van der Waals surface area contributed by atoms with Gasteiger partial charge in [0, 0.05) is 19.3 Å². The lowest BCUT2D eigenvalue weighted by Crippen LogP contribution is -2.30. The second-order valence-corrected chi connectivity index (χ2v) is 19.9. The van der Waals surface area contributed by atoms with Gasteiger partial charge in [-0.2, -0.15) is 0 Å². The minimum atomic E-state index is -0.771. The predicted molar refractivity (Wildman–Crippen MR) is 289 cm³/mol. The molecule has 0 aliphatic heterocycles. The monoisotopic (exact) mass is 941 g/mol. The lowest BCUT2D eigenvalue weighted by atomic mass is 10.1. The molecule has 1 unspecified atom stereocenters. The van der Waals surface area contributed by atoms with E-state index in [9.17, 15) is 14.4 Å². The number of carbonyl (C=O) groups is 3. The molecule has 0 aromatic heterocycles. The zero-order valence-electron chi connectivity index (χ0n) is 44.9. The summed E-state index contributed by atoms with van der Waals surface area (Å²) in [7, 11) is 0. The van der Waals surface area contributed by atoms with Crippen LogP contribution in [-0.2, 0) is 28.6 Å². The van der Waals surface area contributed by atoms with Crippen molar-refractivity contribution in [1.82, 2.24) is 0 Å². The van der Waals surface area contributed by atoms with Crippen LogP contribution in [-0.4, -0.2) is 37.2 Å². The van der Waals surface area contributed by atoms with Crippen LogP contribution in [0.2, 0.25) is 0 Å². The molecule has 0 aromatic rings. The second-order valence-electron chi connectivity index (χ2n) is 19.9. The van der Waals surface area contributed by atoms with Crippen LogP contribution in [0.3, 0.4) is 0 Å². The first-order valence-corrected chi connectivity index (χ1v) is 29.5. The molecule has 0 radical (unpaired) electrons. The minimum absolute atomic E-state index is 0.0705. The Kier molecular flexibility index (Phi) is 54.2. The van der Waals surface area contributed by atoms with Crippen molar-refractivity contribution >= 4 is 17.9 Å². The lowest BCUT2D eigenvalue weighted by molar-refractivity contribution is -0.167. The van der Waals surface area contributed by atoms with Crippen molar-refractivity contribution < 1.29 is 28.6 Å². The van der Waals surface area contributed by atoms with Gasteiger partial charge in [0.2, 0.25) is 0 Å². The SMILES string of the molecule is CCCCC/C=C\C/C=C\CCCCCCCCCCCC(=O)OCC(COC(=O)CCCCCCCCCCCCC)OC(=O)CCCCCCCCCCC/C=C\CCCCCCCC. The zero-order valence-corrected chi connectivity index (χ0v) is 44.9. The van der Waals surface area contributed by atoms with Gasteiger partial charge in [0.05, 0.1) is 0 Å². The van der Waals surface area contributed by atoms with E-state index in [0.29, 0.717) is 19.3 Å². The summed E-state index contributed by atoms with van der Waals surface area (Å²) in [4.78, 5) is 38.1. The Bertz CT molecular complexity index is 1130. The Labute approximate surface area is 416 Å². The van der Waals surface area contributed by atoms with E-state index in [-0.39, 0.29) is 31.1 Å². The number of esters is 3. The topological polar surface area (TPSA) is 78.9 Å². The number of carbonyl (C=O) groups excluding carboxylic acids is 3. The molecule has 0 aromatic carbocycles. The summed E-state index contributed by atoms with van der Waals surface area (Å²) in [5.41, 5.74) is 0. The first-order valence-electron chi connectivity index (χ1n) is 29.5. The van der Waals surface area contributed by atoms with Crippen molar-refractivity contribution in [2.24, 2.45) is 0 Å². The van der Waals surface area contributed by atoms with Crippen molar-refractivity contribution in [2.75, 3.05) is 13.2 Å². The van der Waals surface area contributed by atoms with Crippen molar-refractivity contribution in [3.05, 3.63) is 36.5 Å². The summed E-state index contributed by atoms with van der Waals surface area (Å²) < 4.78 is 16.9. The molecular weight excluding hydrogens is 829 g/mol. The van der Waals surface area contributed by atoms with Gasteiger partial charge in [0.15, 0.2) is 6.10 Å². The lowest BCUT2D eigenvalue weighted by Gasteiger charge is -2.18. The summed E-state index contributed by atoms with van der Waals surface area (Å²) in [6.07, 6.45) is 67.0. The third-order valence-electron chi connectivity index (χ3n) is 13.1. The van der Waals surface area contributed by atoms with Gasteiger partial charge in [0.1, 0.15) is 13.2 Å². The molecular formula is C61H112O6. The smallest absolute Gasteiger partial charge is 0.306 e. The number of unbranched alkanes of at least 4 members (excludes halogenated alkanes) is 37. The van der Waals surface area contributed by atoms with E-state index in [1.807, 2.05) is 0 Å². The number of hydrogen-bond donors (Lipinski definition) is 0. The molecule has 1 atom stereocenters. The fraction of sp³-hybridized carbons (Fsp3) is 0.852. The Morgan fingerprint density at radius 1 is 0.299 bits per heavy atom. The predicted octanol–water partition coefficient (Wildman–Crippen LogP) is 19.7. The van der Waals surface area contributed by atoms with Gasteiger partial charge in [-0.15, -0.1) is 0 Å². The van der Waals surface area contributed by atoms with Crippen LogP contribution in [0.5, 0.6) is 0 Å². The van der Waals surface area contributed by atoms with Gasteiger partial charge in [-0.1, -0.05) is 256 Å². The van der Waals surface area contributed by atoms with Crippen LogP contribution in [0.4, 0.5) is 0 Å². The molecule has 67 heavy (non-hydrogen) atoms. The molecule has 0 aliphatic carbocycles. The fourth-order valence-corrected chi connectivity index (χ4v) is 8.65. The van der Waals surface area contributed by atoms with Crippen molar-refractivity contribution in [2.45, 2.75) is 322 Å². The molecule has 0 spiro atoms. The Hall–Kier alpha value is -2.37. The molecule has 0 aliphatic rings. The van der Waals surface area contributed by atoms with Crippen molar-refractivity contribution in [3.63, 3.8) is 0 Å². The molecule has 0 bridgehead atoms. The first-order chi connectivity index (χ1) is 33.0. The molecule has 392 valence electrons. The van der Waals surface area contributed by atoms with Crippen LogP contribution < -0.4 is 0 Å². The third-order valence-corrected chi connectivity index (χ3v) is 13.1. The summed E-state index contributed by atoms with van der Waals surface area (Å²) in [5, 5.41) is 0. The average Bonchev–Trinajstić information content (AvgIpc) is 3.33. The zero-order chi connectivity index (χ0) is 48.6. The van der Waals surface area contributed by atoms with Crippen LogP contribution in [0.25, 0.3) is 0 Å². The number of rotatable bonds is 54. The van der Waals surface area contributed by atoms with Gasteiger partial charge in [-0.3, -0.25) is 14.4 Å². The molecule has 0 rings (SSSR count). The van der Waals surface area contributed by atoms with E-state index in [4.69, 9.17) is 14.2 Å². The Balaban J connectivity index is 4.30. The van der Waals surface area contributed by atoms with Crippen LogP contribution >= 0.6 is 0 Å². The van der Waals surface area contributed by atoms with Gasteiger partial charge in [-0.05, 0) is 77.0 Å². The van der Waals surface area contributed by atoms with Gasteiger partial charge in [-0.25, -0.2) is 0 Å². The average molecular weight is 942 g/mol. The molecule has 0 saturated carbocycles. The highest BCUT2D eigenvalue weighted by Crippen LogP contribution is 2.16. The van der Waals surface area contributed by atoms with E-state index in [1.165, 1.54) is 212 Å². The fourth-order valence-electron chi connectivity index (χ4n) is 8.65. The maximum Gasteiger partial charge on any atom is 0.306 e. The second kappa shape index (κ2) is 56.2. The van der Waals surface area contributed by atoms with E-state index in [0.717, 1.165) is 64.2 Å². The Morgan fingerprint density at radius 3 is 0.866 bits per heavy atom. The van der Waals surface area contributed by atoms with Gasteiger partial charge < -0.3 is 14.2 Å². The summed E-state index contributed by atoms with van der Waals surface area (Å²) in [5.74, 6) is -0.860. The molecule has 0 fully saturated rings. The van der Waals surface area contributed by atoms with Gasteiger partial charge >= 0.3 is 17.9 Å². The van der Waals surface area contributed by atoms with Gasteiger partial charge in [0.25, 0.3) is 0 Å². The van der Waals surface area contributed by atoms with Crippen LogP contribution in [0.15, 0.2) is 36.5 Å². The summed E-state index contributed by atoms with van der Waals surface area (Å²) in [6, 6.07) is 0. The Morgan fingerprint density at radius 2 is 0.537 bits per heavy atom. The highest BCUT2D eigenvalue weighted by atomic mass is 16.6. The molecule has 6 nitrogen and oxygen atoms in total. The van der Waals surface area contributed by atoms with E-state index in [2.05, 4.69) is 57.2 Å². The maximum atomic E-state index is 12.9. The first kappa shape index (κ1) is 64.6. The summed E-state index contributed by atoms with van der Waals surface area (Å²) in [6.45, 7) is 6.64. The minimum Gasteiger partial charge on any atom is -0.462 e. The molecule has 0 amide bonds. The third kappa shape index (κ3) is 54.4.